The Labute approximate surface area is 189 Å². The van der Waals surface area contributed by atoms with E-state index in [1.807, 2.05) is 48.5 Å². The standard InChI is InChI=1S/C24H29ClN4O2/c1-3-27-12-14-28(15-13-27)17-24(30)29-23(20-6-4-5-7-21(20)25)16-22(26-29)18-8-10-19(31-2)11-9-18/h4-11,23H,3,12-17H2,1-2H3. The maximum absolute atomic E-state index is 13.3. The van der Waals surface area contributed by atoms with Gasteiger partial charge in [0.2, 0.25) is 0 Å². The van der Waals surface area contributed by atoms with Crippen LogP contribution in [-0.2, 0) is 4.79 Å². The van der Waals surface area contributed by atoms with Gasteiger partial charge in [-0.1, -0.05) is 36.7 Å². The molecule has 4 rings (SSSR count). The molecule has 0 saturated carbocycles. The molecule has 2 aliphatic rings. The van der Waals surface area contributed by atoms with E-state index in [-0.39, 0.29) is 11.9 Å². The van der Waals surface area contributed by atoms with Gasteiger partial charge in [-0.15, -0.1) is 0 Å². The molecule has 1 fully saturated rings. The van der Waals surface area contributed by atoms with Crippen LogP contribution in [0.3, 0.4) is 0 Å². The summed E-state index contributed by atoms with van der Waals surface area (Å²) in [6.45, 7) is 7.40. The number of nitrogens with zero attached hydrogens (tertiary/aromatic N) is 4. The molecule has 2 aromatic carbocycles. The number of benzene rings is 2. The lowest BCUT2D eigenvalue weighted by Gasteiger charge is -2.34. The Kier molecular flexibility index (Phi) is 6.90. The van der Waals surface area contributed by atoms with E-state index in [4.69, 9.17) is 21.4 Å². The molecule has 31 heavy (non-hydrogen) atoms. The Morgan fingerprint density at radius 2 is 1.74 bits per heavy atom. The van der Waals surface area contributed by atoms with Crippen molar-refractivity contribution in [2.45, 2.75) is 19.4 Å². The summed E-state index contributed by atoms with van der Waals surface area (Å²) in [5.41, 5.74) is 2.81. The second-order valence-corrected chi connectivity index (χ2v) is 8.37. The number of hydrogen-bond acceptors (Lipinski definition) is 5. The predicted octanol–water partition coefficient (Wildman–Crippen LogP) is 3.66. The number of likely N-dealkylation sites (N-methyl/N-ethyl adjacent to an activating group) is 1. The number of carbonyl (C=O) groups excluding carboxylic acids is 1. The van der Waals surface area contributed by atoms with Crippen molar-refractivity contribution < 1.29 is 9.53 Å². The zero-order valence-corrected chi connectivity index (χ0v) is 18.9. The topological polar surface area (TPSA) is 48.4 Å². The molecule has 164 valence electrons. The summed E-state index contributed by atoms with van der Waals surface area (Å²) < 4.78 is 5.27. The second-order valence-electron chi connectivity index (χ2n) is 7.97. The Bertz CT molecular complexity index is 939. The average molecular weight is 441 g/mol. The smallest absolute Gasteiger partial charge is 0.257 e. The van der Waals surface area contributed by atoms with Crippen molar-refractivity contribution in [3.63, 3.8) is 0 Å². The minimum atomic E-state index is -0.199. The van der Waals surface area contributed by atoms with E-state index in [9.17, 15) is 4.79 Å². The lowest BCUT2D eigenvalue weighted by atomic mass is 9.98. The lowest BCUT2D eigenvalue weighted by molar-refractivity contribution is -0.134. The van der Waals surface area contributed by atoms with Gasteiger partial charge in [-0.3, -0.25) is 9.69 Å². The molecule has 1 unspecified atom stereocenters. The van der Waals surface area contributed by atoms with Gasteiger partial charge in [-0.25, -0.2) is 5.01 Å². The predicted molar refractivity (Wildman–Crippen MR) is 124 cm³/mol. The Morgan fingerprint density at radius 3 is 2.39 bits per heavy atom. The molecule has 1 saturated heterocycles. The number of rotatable bonds is 6. The highest BCUT2D eigenvalue weighted by Gasteiger charge is 2.35. The molecule has 2 heterocycles. The van der Waals surface area contributed by atoms with E-state index in [0.717, 1.165) is 55.3 Å². The van der Waals surface area contributed by atoms with Gasteiger partial charge in [0.15, 0.2) is 0 Å². The number of piperazine rings is 1. The number of carbonyl (C=O) groups is 1. The van der Waals surface area contributed by atoms with Gasteiger partial charge in [-0.05, 0) is 48.0 Å². The second kappa shape index (κ2) is 9.81. The number of hydrogen-bond donors (Lipinski definition) is 0. The summed E-state index contributed by atoms with van der Waals surface area (Å²) in [7, 11) is 1.65. The quantitative estimate of drug-likeness (QED) is 0.687. The summed E-state index contributed by atoms with van der Waals surface area (Å²) in [6.07, 6.45) is 0.630. The summed E-state index contributed by atoms with van der Waals surface area (Å²) in [4.78, 5) is 18.0. The van der Waals surface area contributed by atoms with Crippen LogP contribution in [0.25, 0.3) is 0 Å². The number of hydrazone groups is 1. The molecular formula is C24H29ClN4O2. The first-order valence-corrected chi connectivity index (χ1v) is 11.2. The first-order valence-electron chi connectivity index (χ1n) is 10.8. The first kappa shape index (κ1) is 21.8. The largest absolute Gasteiger partial charge is 0.497 e. The van der Waals surface area contributed by atoms with Crippen LogP contribution < -0.4 is 4.74 Å². The molecule has 7 heteroatoms. The van der Waals surface area contributed by atoms with Crippen LogP contribution in [0.5, 0.6) is 5.75 Å². The molecule has 0 N–H and O–H groups in total. The van der Waals surface area contributed by atoms with Gasteiger partial charge in [0.1, 0.15) is 5.75 Å². The minimum absolute atomic E-state index is 0.0124. The van der Waals surface area contributed by atoms with Crippen molar-refractivity contribution in [2.24, 2.45) is 5.10 Å². The van der Waals surface area contributed by atoms with Gasteiger partial charge in [-0.2, -0.15) is 5.10 Å². The number of methoxy groups -OCH3 is 1. The SMILES string of the molecule is CCN1CCN(CC(=O)N2N=C(c3ccc(OC)cc3)CC2c2ccccc2Cl)CC1. The average Bonchev–Trinajstić information content (AvgIpc) is 3.25. The fourth-order valence-corrected chi connectivity index (χ4v) is 4.47. The highest BCUT2D eigenvalue weighted by Crippen LogP contribution is 2.36. The van der Waals surface area contributed by atoms with Crippen LogP contribution in [-0.4, -0.2) is 72.8 Å². The van der Waals surface area contributed by atoms with Crippen molar-refractivity contribution in [1.29, 1.82) is 0 Å². The molecule has 0 spiro atoms. The van der Waals surface area contributed by atoms with E-state index in [1.165, 1.54) is 0 Å². The minimum Gasteiger partial charge on any atom is -0.497 e. The fourth-order valence-electron chi connectivity index (χ4n) is 4.21. The van der Waals surface area contributed by atoms with Crippen LogP contribution in [0.15, 0.2) is 53.6 Å². The molecule has 1 atom stereocenters. The van der Waals surface area contributed by atoms with Crippen LogP contribution >= 0.6 is 11.6 Å². The van der Waals surface area contributed by atoms with Gasteiger partial charge in [0.05, 0.1) is 25.4 Å². The number of amides is 1. The summed E-state index contributed by atoms with van der Waals surface area (Å²) in [5, 5.41) is 7.08. The monoisotopic (exact) mass is 440 g/mol. The molecule has 6 nitrogen and oxygen atoms in total. The Hall–Kier alpha value is -2.41. The number of ether oxygens (including phenoxy) is 1. The van der Waals surface area contributed by atoms with Crippen molar-refractivity contribution in [1.82, 2.24) is 14.8 Å². The van der Waals surface area contributed by atoms with Crippen LogP contribution in [0.1, 0.15) is 30.5 Å². The molecule has 2 aliphatic heterocycles. The number of halogens is 1. The maximum Gasteiger partial charge on any atom is 0.257 e. The zero-order chi connectivity index (χ0) is 21.8. The molecule has 0 radical (unpaired) electrons. The van der Waals surface area contributed by atoms with E-state index < -0.39 is 0 Å². The zero-order valence-electron chi connectivity index (χ0n) is 18.1. The van der Waals surface area contributed by atoms with E-state index in [1.54, 1.807) is 12.1 Å². The summed E-state index contributed by atoms with van der Waals surface area (Å²) in [5.74, 6) is 0.808. The highest BCUT2D eigenvalue weighted by molar-refractivity contribution is 6.31. The summed E-state index contributed by atoms with van der Waals surface area (Å²) in [6, 6.07) is 15.3. The third-order valence-electron chi connectivity index (χ3n) is 6.12. The fraction of sp³-hybridized carbons (Fsp3) is 0.417. The molecule has 1 amide bonds. The maximum atomic E-state index is 13.3. The van der Waals surface area contributed by atoms with E-state index in [0.29, 0.717) is 18.0 Å². The molecule has 0 aromatic heterocycles. The van der Waals surface area contributed by atoms with Gasteiger partial charge in [0.25, 0.3) is 5.91 Å². The van der Waals surface area contributed by atoms with Gasteiger partial charge < -0.3 is 9.64 Å². The van der Waals surface area contributed by atoms with Crippen molar-refractivity contribution in [3.05, 3.63) is 64.7 Å². The van der Waals surface area contributed by atoms with Crippen LogP contribution in [0.4, 0.5) is 0 Å². The molecule has 0 aliphatic carbocycles. The van der Waals surface area contributed by atoms with E-state index >= 15 is 0 Å². The van der Waals surface area contributed by atoms with Crippen molar-refractivity contribution >= 4 is 23.2 Å². The van der Waals surface area contributed by atoms with E-state index in [2.05, 4.69) is 16.7 Å². The summed E-state index contributed by atoms with van der Waals surface area (Å²) >= 11 is 6.51. The van der Waals surface area contributed by atoms with Crippen LogP contribution in [0.2, 0.25) is 5.02 Å². The molecule has 0 bridgehead atoms. The van der Waals surface area contributed by atoms with Crippen molar-refractivity contribution in [2.75, 3.05) is 46.4 Å². The first-order chi connectivity index (χ1) is 15.1. The van der Waals surface area contributed by atoms with Crippen molar-refractivity contribution in [3.8, 4) is 5.75 Å². The molecular weight excluding hydrogens is 412 g/mol. The van der Waals surface area contributed by atoms with Gasteiger partial charge in [0, 0.05) is 37.6 Å². The Balaban J connectivity index is 1.56. The van der Waals surface area contributed by atoms with Gasteiger partial charge >= 0.3 is 0 Å². The third kappa shape index (κ3) is 4.92. The Morgan fingerprint density at radius 1 is 1.06 bits per heavy atom. The van der Waals surface area contributed by atoms with Crippen LogP contribution in [0, 0.1) is 0 Å². The third-order valence-corrected chi connectivity index (χ3v) is 6.47. The lowest BCUT2D eigenvalue weighted by Crippen LogP contribution is -2.49. The molecule has 2 aromatic rings. The normalized spacial score (nSPS) is 20.0. The highest BCUT2D eigenvalue weighted by atomic mass is 35.5.